The van der Waals surface area contributed by atoms with Crippen molar-refractivity contribution in [2.24, 2.45) is 0 Å². The Balaban J connectivity index is 1.54. The van der Waals surface area contributed by atoms with Gasteiger partial charge in [-0.25, -0.2) is 4.98 Å². The van der Waals surface area contributed by atoms with Gasteiger partial charge in [0.15, 0.2) is 0 Å². The van der Waals surface area contributed by atoms with E-state index in [1.54, 1.807) is 6.20 Å². The monoisotopic (exact) mass is 434 g/mol. The van der Waals surface area contributed by atoms with E-state index in [1.807, 2.05) is 62.4 Å². The van der Waals surface area contributed by atoms with Crippen LogP contribution >= 0.6 is 0 Å². The molecule has 0 bridgehead atoms. The molecule has 2 aliphatic rings. The van der Waals surface area contributed by atoms with Gasteiger partial charge in [-0.3, -0.25) is 14.5 Å². The van der Waals surface area contributed by atoms with E-state index < -0.39 is 0 Å². The largest absolute Gasteiger partial charge is 0.379 e. The number of amides is 2. The number of benzene rings is 1. The molecule has 3 heterocycles. The molecule has 7 nitrogen and oxygen atoms in total. The Morgan fingerprint density at radius 1 is 0.906 bits per heavy atom. The molecule has 1 aromatic carbocycles. The maximum absolute atomic E-state index is 13.4. The van der Waals surface area contributed by atoms with E-state index in [0.29, 0.717) is 43.9 Å². The highest BCUT2D eigenvalue weighted by molar-refractivity contribution is 6.35. The molecule has 0 N–H and O–H groups in total. The zero-order valence-electron chi connectivity index (χ0n) is 18.7. The lowest BCUT2D eigenvalue weighted by molar-refractivity contribution is -0.137. The molecule has 1 fully saturated rings. The molecule has 2 aliphatic heterocycles. The Hall–Kier alpha value is -3.19. The fraction of sp³-hybridized carbons (Fsp3) is 0.400. The van der Waals surface area contributed by atoms with Crippen LogP contribution in [0.15, 0.2) is 60.4 Å². The molecule has 0 unspecified atom stereocenters. The van der Waals surface area contributed by atoms with Crippen molar-refractivity contribution in [2.75, 3.05) is 44.2 Å². The summed E-state index contributed by atoms with van der Waals surface area (Å²) in [5.74, 6) is 0.516. The Morgan fingerprint density at radius 3 is 2.25 bits per heavy atom. The lowest BCUT2D eigenvalue weighted by Gasteiger charge is -2.37. The summed E-state index contributed by atoms with van der Waals surface area (Å²) in [4.78, 5) is 36.8. The maximum Gasteiger partial charge on any atom is 0.277 e. The van der Waals surface area contributed by atoms with Crippen LogP contribution in [0.3, 0.4) is 0 Å². The third-order valence-corrected chi connectivity index (χ3v) is 5.75. The number of ether oxygens (including phenoxy) is 1. The van der Waals surface area contributed by atoms with Gasteiger partial charge in [-0.05, 0) is 38.0 Å². The van der Waals surface area contributed by atoms with Crippen LogP contribution in [0, 0.1) is 0 Å². The standard InChI is InChI=1S/C25H30N4O3/c1-19(2)32-18-8-13-29-24(30)22(20-9-4-3-5-10-20)23(25(29)31)28-16-14-27(15-17-28)21-11-6-7-12-26-21/h3-7,9-12,19H,8,13-18H2,1-2H3. The summed E-state index contributed by atoms with van der Waals surface area (Å²) in [5, 5.41) is 0. The Morgan fingerprint density at radius 2 is 1.59 bits per heavy atom. The number of hydrogen-bond acceptors (Lipinski definition) is 6. The van der Waals surface area contributed by atoms with Crippen molar-refractivity contribution in [1.82, 2.24) is 14.8 Å². The van der Waals surface area contributed by atoms with Crippen LogP contribution in [0.25, 0.3) is 5.57 Å². The van der Waals surface area contributed by atoms with Gasteiger partial charge in [0.1, 0.15) is 11.5 Å². The number of carbonyl (C=O) groups is 2. The molecule has 32 heavy (non-hydrogen) atoms. The molecule has 0 radical (unpaired) electrons. The summed E-state index contributed by atoms with van der Waals surface area (Å²) >= 11 is 0. The van der Waals surface area contributed by atoms with Crippen molar-refractivity contribution in [3.05, 3.63) is 66.0 Å². The molecule has 0 saturated carbocycles. The van der Waals surface area contributed by atoms with E-state index in [4.69, 9.17) is 4.74 Å². The van der Waals surface area contributed by atoms with Crippen LogP contribution in [0.1, 0.15) is 25.8 Å². The average molecular weight is 435 g/mol. The van der Waals surface area contributed by atoms with Gasteiger partial charge in [0.25, 0.3) is 11.8 Å². The topological polar surface area (TPSA) is 66.0 Å². The lowest BCUT2D eigenvalue weighted by atomic mass is 10.0. The highest BCUT2D eigenvalue weighted by atomic mass is 16.5. The van der Waals surface area contributed by atoms with E-state index >= 15 is 0 Å². The second-order valence-corrected chi connectivity index (χ2v) is 8.29. The number of imide groups is 1. The van der Waals surface area contributed by atoms with Gasteiger partial charge in [0.2, 0.25) is 0 Å². The minimum absolute atomic E-state index is 0.129. The molecule has 4 rings (SSSR count). The molecule has 2 amide bonds. The second-order valence-electron chi connectivity index (χ2n) is 8.29. The molecule has 0 spiro atoms. The van der Waals surface area contributed by atoms with Gasteiger partial charge in [-0.2, -0.15) is 0 Å². The number of rotatable bonds is 8. The maximum atomic E-state index is 13.4. The van der Waals surface area contributed by atoms with Crippen LogP contribution in [-0.2, 0) is 14.3 Å². The zero-order chi connectivity index (χ0) is 22.5. The number of piperazine rings is 1. The van der Waals surface area contributed by atoms with Gasteiger partial charge in [0.05, 0.1) is 11.7 Å². The molecule has 0 aliphatic carbocycles. The molecular formula is C25H30N4O3. The fourth-order valence-corrected chi connectivity index (χ4v) is 4.17. The van der Waals surface area contributed by atoms with E-state index in [2.05, 4.69) is 14.8 Å². The number of aromatic nitrogens is 1. The van der Waals surface area contributed by atoms with E-state index in [9.17, 15) is 9.59 Å². The van der Waals surface area contributed by atoms with Crippen LogP contribution < -0.4 is 4.90 Å². The summed E-state index contributed by atoms with van der Waals surface area (Å²) in [7, 11) is 0. The summed E-state index contributed by atoms with van der Waals surface area (Å²) in [6.07, 6.45) is 2.54. The molecule has 2 aromatic rings. The second kappa shape index (κ2) is 9.96. The van der Waals surface area contributed by atoms with Crippen molar-refractivity contribution < 1.29 is 14.3 Å². The van der Waals surface area contributed by atoms with Gasteiger partial charge >= 0.3 is 0 Å². The predicted molar refractivity (Wildman–Crippen MR) is 124 cm³/mol. The summed E-state index contributed by atoms with van der Waals surface area (Å²) in [6.45, 7) is 7.63. The van der Waals surface area contributed by atoms with Gasteiger partial charge < -0.3 is 14.5 Å². The quantitative estimate of drug-likeness (QED) is 0.470. The first-order chi connectivity index (χ1) is 15.6. The normalized spacial score (nSPS) is 17.2. The molecule has 7 heteroatoms. The van der Waals surface area contributed by atoms with Crippen molar-refractivity contribution in [1.29, 1.82) is 0 Å². The third-order valence-electron chi connectivity index (χ3n) is 5.75. The number of carbonyl (C=O) groups excluding carboxylic acids is 2. The van der Waals surface area contributed by atoms with Crippen LogP contribution in [-0.4, -0.2) is 72.0 Å². The summed E-state index contributed by atoms with van der Waals surface area (Å²) in [6, 6.07) is 15.4. The highest BCUT2D eigenvalue weighted by Crippen LogP contribution is 2.32. The fourth-order valence-electron chi connectivity index (χ4n) is 4.17. The lowest BCUT2D eigenvalue weighted by Crippen LogP contribution is -2.48. The van der Waals surface area contributed by atoms with Crippen molar-refractivity contribution in [2.45, 2.75) is 26.4 Å². The molecule has 168 valence electrons. The molecule has 1 saturated heterocycles. The predicted octanol–water partition coefficient (Wildman–Crippen LogP) is 2.80. The van der Waals surface area contributed by atoms with Crippen molar-refractivity contribution >= 4 is 23.2 Å². The third kappa shape index (κ3) is 4.67. The van der Waals surface area contributed by atoms with Gasteiger partial charge in [0, 0.05) is 45.5 Å². The Bertz CT molecular complexity index is 967. The number of hydrogen-bond donors (Lipinski definition) is 0. The highest BCUT2D eigenvalue weighted by Gasteiger charge is 2.41. The summed E-state index contributed by atoms with van der Waals surface area (Å²) < 4.78 is 5.60. The number of pyridine rings is 1. The minimum atomic E-state index is -0.215. The number of nitrogens with zero attached hydrogens (tertiary/aromatic N) is 4. The minimum Gasteiger partial charge on any atom is -0.379 e. The zero-order valence-corrected chi connectivity index (χ0v) is 18.7. The smallest absolute Gasteiger partial charge is 0.277 e. The van der Waals surface area contributed by atoms with Crippen LogP contribution in [0.2, 0.25) is 0 Å². The molecular weight excluding hydrogens is 404 g/mol. The van der Waals surface area contributed by atoms with E-state index in [-0.39, 0.29) is 17.9 Å². The first kappa shape index (κ1) is 22.0. The van der Waals surface area contributed by atoms with Crippen LogP contribution in [0.4, 0.5) is 5.82 Å². The van der Waals surface area contributed by atoms with E-state index in [0.717, 1.165) is 24.5 Å². The Kier molecular flexibility index (Phi) is 6.85. The SMILES string of the molecule is CC(C)OCCCN1C(=O)C(c2ccccc2)=C(N2CCN(c3ccccn3)CC2)C1=O. The first-order valence-electron chi connectivity index (χ1n) is 11.2. The van der Waals surface area contributed by atoms with Crippen molar-refractivity contribution in [3.8, 4) is 0 Å². The first-order valence-corrected chi connectivity index (χ1v) is 11.2. The summed E-state index contributed by atoms with van der Waals surface area (Å²) in [5.41, 5.74) is 1.81. The van der Waals surface area contributed by atoms with Gasteiger partial charge in [-0.15, -0.1) is 0 Å². The number of anilines is 1. The van der Waals surface area contributed by atoms with Crippen molar-refractivity contribution in [3.63, 3.8) is 0 Å². The average Bonchev–Trinajstić information content (AvgIpc) is 3.07. The molecule has 0 atom stereocenters. The van der Waals surface area contributed by atoms with Crippen LogP contribution in [0.5, 0.6) is 0 Å². The van der Waals surface area contributed by atoms with E-state index in [1.165, 1.54) is 4.90 Å². The molecule has 1 aromatic heterocycles. The Labute approximate surface area is 189 Å². The van der Waals surface area contributed by atoms with Gasteiger partial charge in [-0.1, -0.05) is 36.4 Å².